The highest BCUT2D eigenvalue weighted by Gasteiger charge is 2.07. The van der Waals surface area contributed by atoms with E-state index >= 15 is 0 Å². The molecule has 0 saturated carbocycles. The first-order valence-electron chi connectivity index (χ1n) is 5.28. The predicted molar refractivity (Wildman–Crippen MR) is 62.2 cm³/mol. The molecule has 0 amide bonds. The molecule has 1 heteroatoms. The lowest BCUT2D eigenvalue weighted by Crippen LogP contribution is -2.03. The minimum Gasteiger partial charge on any atom is -0.308 e. The van der Waals surface area contributed by atoms with Crippen LogP contribution in [0.15, 0.2) is 18.2 Å². The Morgan fingerprint density at radius 3 is 2.71 bits per heavy atom. The van der Waals surface area contributed by atoms with E-state index < -0.39 is 0 Å². The van der Waals surface area contributed by atoms with Gasteiger partial charge in [0.15, 0.2) is 0 Å². The Bertz CT molecular complexity index is 315. The van der Waals surface area contributed by atoms with Crippen LogP contribution in [-0.2, 0) is 6.42 Å². The first-order chi connectivity index (χ1) is 6.69. The summed E-state index contributed by atoms with van der Waals surface area (Å²) in [5.41, 5.74) is 3.73. The van der Waals surface area contributed by atoms with Gasteiger partial charge < -0.3 is 5.41 Å². The monoisotopic (exact) mass is 189 g/mol. The smallest absolute Gasteiger partial charge is 0.0253 e. The molecule has 1 N–H and O–H groups in total. The summed E-state index contributed by atoms with van der Waals surface area (Å²) in [5.74, 6) is 0.704. The molecular weight excluding hydrogens is 170 g/mol. The highest BCUT2D eigenvalue weighted by molar-refractivity contribution is 5.79. The quantitative estimate of drug-likeness (QED) is 0.700. The van der Waals surface area contributed by atoms with Crippen molar-refractivity contribution in [3.8, 4) is 0 Å². The van der Waals surface area contributed by atoms with Crippen LogP contribution < -0.4 is 0 Å². The number of hydrogen-bond donors (Lipinski definition) is 1. The molecule has 0 saturated heterocycles. The summed E-state index contributed by atoms with van der Waals surface area (Å²) in [4.78, 5) is 0. The molecule has 14 heavy (non-hydrogen) atoms. The second kappa shape index (κ2) is 4.94. The van der Waals surface area contributed by atoms with Crippen molar-refractivity contribution in [3.63, 3.8) is 0 Å². The van der Waals surface area contributed by atoms with Gasteiger partial charge in [-0.05, 0) is 36.0 Å². The van der Waals surface area contributed by atoms with Gasteiger partial charge in [-0.15, -0.1) is 0 Å². The first-order valence-corrected chi connectivity index (χ1v) is 5.28. The van der Waals surface area contributed by atoms with Crippen molar-refractivity contribution >= 4 is 6.21 Å². The lowest BCUT2D eigenvalue weighted by molar-refractivity contribution is 0.558. The van der Waals surface area contributed by atoms with Crippen molar-refractivity contribution in [2.75, 3.05) is 0 Å². The summed E-state index contributed by atoms with van der Waals surface area (Å²) in [6, 6.07) is 6.18. The van der Waals surface area contributed by atoms with E-state index in [2.05, 4.69) is 26.8 Å². The molecule has 0 aliphatic heterocycles. The third-order valence-electron chi connectivity index (χ3n) is 2.85. The number of nitrogens with one attached hydrogen (secondary N) is 1. The summed E-state index contributed by atoms with van der Waals surface area (Å²) in [5, 5.41) is 7.36. The SMILES string of the molecule is CCC(C)Cc1c(C)cccc1C=N. The topological polar surface area (TPSA) is 23.9 Å². The van der Waals surface area contributed by atoms with Gasteiger partial charge in [0.25, 0.3) is 0 Å². The van der Waals surface area contributed by atoms with E-state index in [9.17, 15) is 0 Å². The Morgan fingerprint density at radius 2 is 2.14 bits per heavy atom. The molecule has 1 aromatic rings. The van der Waals surface area contributed by atoms with Crippen LogP contribution in [0, 0.1) is 18.3 Å². The van der Waals surface area contributed by atoms with Gasteiger partial charge in [-0.25, -0.2) is 0 Å². The van der Waals surface area contributed by atoms with Gasteiger partial charge in [-0.1, -0.05) is 38.5 Å². The fourth-order valence-corrected chi connectivity index (χ4v) is 1.63. The van der Waals surface area contributed by atoms with Crippen LogP contribution in [0.1, 0.15) is 37.0 Å². The average molecular weight is 189 g/mol. The molecule has 0 heterocycles. The van der Waals surface area contributed by atoms with E-state index in [1.807, 2.05) is 12.1 Å². The number of rotatable bonds is 4. The molecule has 1 unspecified atom stereocenters. The van der Waals surface area contributed by atoms with Crippen LogP contribution in [0.5, 0.6) is 0 Å². The normalized spacial score (nSPS) is 12.5. The Hall–Kier alpha value is -1.11. The average Bonchev–Trinajstić information content (AvgIpc) is 2.20. The van der Waals surface area contributed by atoms with Crippen LogP contribution in [0.4, 0.5) is 0 Å². The van der Waals surface area contributed by atoms with E-state index in [0.29, 0.717) is 5.92 Å². The van der Waals surface area contributed by atoms with E-state index in [4.69, 9.17) is 5.41 Å². The summed E-state index contributed by atoms with van der Waals surface area (Å²) >= 11 is 0. The third-order valence-corrected chi connectivity index (χ3v) is 2.85. The Labute approximate surface area is 86.7 Å². The van der Waals surface area contributed by atoms with E-state index in [1.165, 1.54) is 23.8 Å². The van der Waals surface area contributed by atoms with Crippen LogP contribution >= 0.6 is 0 Å². The van der Waals surface area contributed by atoms with Gasteiger partial charge in [-0.3, -0.25) is 0 Å². The summed E-state index contributed by atoms with van der Waals surface area (Å²) in [6.45, 7) is 6.61. The van der Waals surface area contributed by atoms with Gasteiger partial charge in [-0.2, -0.15) is 0 Å². The van der Waals surface area contributed by atoms with E-state index in [-0.39, 0.29) is 0 Å². The maximum Gasteiger partial charge on any atom is 0.0253 e. The summed E-state index contributed by atoms with van der Waals surface area (Å²) in [7, 11) is 0. The molecule has 0 radical (unpaired) electrons. The molecule has 0 aromatic heterocycles. The zero-order valence-electron chi connectivity index (χ0n) is 9.30. The zero-order chi connectivity index (χ0) is 10.6. The van der Waals surface area contributed by atoms with Crippen LogP contribution in [0.25, 0.3) is 0 Å². The second-order valence-corrected chi connectivity index (χ2v) is 4.00. The predicted octanol–water partition coefficient (Wildman–Crippen LogP) is 3.58. The molecule has 0 aliphatic rings. The van der Waals surface area contributed by atoms with Crippen molar-refractivity contribution in [2.24, 2.45) is 5.92 Å². The summed E-state index contributed by atoms with van der Waals surface area (Å²) in [6.07, 6.45) is 3.75. The Morgan fingerprint density at radius 1 is 1.43 bits per heavy atom. The minimum absolute atomic E-state index is 0.704. The zero-order valence-corrected chi connectivity index (χ0v) is 9.30. The van der Waals surface area contributed by atoms with E-state index in [1.54, 1.807) is 0 Å². The van der Waals surface area contributed by atoms with Crippen molar-refractivity contribution in [1.29, 1.82) is 5.41 Å². The molecule has 1 atom stereocenters. The maximum absolute atomic E-state index is 7.36. The number of hydrogen-bond acceptors (Lipinski definition) is 1. The third kappa shape index (κ3) is 2.44. The minimum atomic E-state index is 0.704. The van der Waals surface area contributed by atoms with Crippen molar-refractivity contribution in [1.82, 2.24) is 0 Å². The van der Waals surface area contributed by atoms with Gasteiger partial charge in [0.1, 0.15) is 0 Å². The lowest BCUT2D eigenvalue weighted by Gasteiger charge is -2.13. The van der Waals surface area contributed by atoms with Crippen LogP contribution in [-0.4, -0.2) is 6.21 Å². The molecule has 0 fully saturated rings. The van der Waals surface area contributed by atoms with Crippen LogP contribution in [0.3, 0.4) is 0 Å². The van der Waals surface area contributed by atoms with Crippen LogP contribution in [0.2, 0.25) is 0 Å². The molecule has 76 valence electrons. The van der Waals surface area contributed by atoms with Gasteiger partial charge in [0.2, 0.25) is 0 Å². The maximum atomic E-state index is 7.36. The molecule has 0 aliphatic carbocycles. The number of benzene rings is 1. The fraction of sp³-hybridized carbons (Fsp3) is 0.462. The second-order valence-electron chi connectivity index (χ2n) is 4.00. The highest BCUT2D eigenvalue weighted by Crippen LogP contribution is 2.18. The van der Waals surface area contributed by atoms with Gasteiger partial charge in [0, 0.05) is 6.21 Å². The van der Waals surface area contributed by atoms with Crippen molar-refractivity contribution in [2.45, 2.75) is 33.6 Å². The van der Waals surface area contributed by atoms with Gasteiger partial charge >= 0.3 is 0 Å². The molecule has 0 spiro atoms. The van der Waals surface area contributed by atoms with E-state index in [0.717, 1.165) is 12.0 Å². The molecular formula is C13H19N. The number of aryl methyl sites for hydroxylation is 1. The molecule has 1 aromatic carbocycles. The standard InChI is InChI=1S/C13H19N/c1-4-10(2)8-13-11(3)6-5-7-12(13)9-14/h5-7,9-10,14H,4,8H2,1-3H3. The molecule has 0 bridgehead atoms. The van der Waals surface area contributed by atoms with Gasteiger partial charge in [0.05, 0.1) is 0 Å². The largest absolute Gasteiger partial charge is 0.308 e. The lowest BCUT2D eigenvalue weighted by atomic mass is 9.92. The summed E-state index contributed by atoms with van der Waals surface area (Å²) < 4.78 is 0. The Kier molecular flexibility index (Phi) is 3.87. The molecule has 1 nitrogen and oxygen atoms in total. The highest BCUT2D eigenvalue weighted by atomic mass is 14.3. The Balaban J connectivity index is 2.98. The molecule has 1 rings (SSSR count). The van der Waals surface area contributed by atoms with Crippen molar-refractivity contribution in [3.05, 3.63) is 34.9 Å². The van der Waals surface area contributed by atoms with Crippen molar-refractivity contribution < 1.29 is 0 Å². The first kappa shape index (κ1) is 11.0. The fourth-order valence-electron chi connectivity index (χ4n) is 1.63.